The van der Waals surface area contributed by atoms with Gasteiger partial charge in [-0.05, 0) is 38.4 Å². The maximum atomic E-state index is 9.73. The fourth-order valence-corrected chi connectivity index (χ4v) is 3.16. The van der Waals surface area contributed by atoms with E-state index < -0.39 is 0 Å². The Kier molecular flexibility index (Phi) is 4.94. The van der Waals surface area contributed by atoms with Crippen molar-refractivity contribution in [3.8, 4) is 0 Å². The molecule has 1 heterocycles. The van der Waals surface area contributed by atoms with Gasteiger partial charge >= 0.3 is 0 Å². The number of aliphatic hydroxyl groups excluding tert-OH is 1. The molecule has 1 aliphatic rings. The summed E-state index contributed by atoms with van der Waals surface area (Å²) in [6, 6.07) is 6.20. The van der Waals surface area contributed by atoms with Crippen LogP contribution in [0.1, 0.15) is 44.0 Å². The SMILES string of the molecule is CCN(Cc1cccc(C)n1)CC1(CO)CCCC1. The molecule has 0 aliphatic heterocycles. The predicted octanol–water partition coefficient (Wildman–Crippen LogP) is 2.76. The van der Waals surface area contributed by atoms with Gasteiger partial charge in [0.15, 0.2) is 0 Å². The van der Waals surface area contributed by atoms with E-state index in [1.54, 1.807) is 0 Å². The average Bonchev–Trinajstić information content (AvgIpc) is 2.87. The van der Waals surface area contributed by atoms with Crippen molar-refractivity contribution in [3.63, 3.8) is 0 Å². The molecule has 1 fully saturated rings. The summed E-state index contributed by atoms with van der Waals surface area (Å²) in [6.07, 6.45) is 4.87. The average molecular weight is 262 g/mol. The van der Waals surface area contributed by atoms with Crippen LogP contribution < -0.4 is 0 Å². The largest absolute Gasteiger partial charge is 0.396 e. The zero-order valence-corrected chi connectivity index (χ0v) is 12.2. The first kappa shape index (κ1) is 14.5. The second-order valence-electron chi connectivity index (χ2n) is 5.94. The lowest BCUT2D eigenvalue weighted by Gasteiger charge is -2.33. The molecule has 0 aromatic carbocycles. The molecule has 0 unspecified atom stereocenters. The highest BCUT2D eigenvalue weighted by Crippen LogP contribution is 2.38. The Hall–Kier alpha value is -0.930. The van der Waals surface area contributed by atoms with E-state index in [4.69, 9.17) is 0 Å². The Labute approximate surface area is 116 Å². The van der Waals surface area contributed by atoms with Crippen molar-refractivity contribution in [2.45, 2.75) is 46.1 Å². The lowest BCUT2D eigenvalue weighted by molar-refractivity contribution is 0.0768. The normalized spacial score (nSPS) is 18.1. The number of aromatic nitrogens is 1. The van der Waals surface area contributed by atoms with Crippen LogP contribution >= 0.6 is 0 Å². The quantitative estimate of drug-likeness (QED) is 0.856. The Balaban J connectivity index is 2.00. The number of aryl methyl sites for hydroxylation is 1. The summed E-state index contributed by atoms with van der Waals surface area (Å²) >= 11 is 0. The Morgan fingerprint density at radius 2 is 2.05 bits per heavy atom. The van der Waals surface area contributed by atoms with Crippen LogP contribution in [-0.2, 0) is 6.54 Å². The van der Waals surface area contributed by atoms with Crippen LogP contribution in [0.2, 0.25) is 0 Å². The lowest BCUT2D eigenvalue weighted by atomic mass is 9.86. The topological polar surface area (TPSA) is 36.4 Å². The Morgan fingerprint density at radius 1 is 1.32 bits per heavy atom. The van der Waals surface area contributed by atoms with Gasteiger partial charge in [0, 0.05) is 30.8 Å². The monoisotopic (exact) mass is 262 g/mol. The maximum absolute atomic E-state index is 9.73. The summed E-state index contributed by atoms with van der Waals surface area (Å²) in [5.41, 5.74) is 2.35. The van der Waals surface area contributed by atoms with Gasteiger partial charge in [-0.2, -0.15) is 0 Å². The molecule has 0 saturated heterocycles. The van der Waals surface area contributed by atoms with Gasteiger partial charge in [0.25, 0.3) is 0 Å². The highest BCUT2D eigenvalue weighted by Gasteiger charge is 2.34. The summed E-state index contributed by atoms with van der Waals surface area (Å²) in [5, 5.41) is 9.73. The summed E-state index contributed by atoms with van der Waals surface area (Å²) in [7, 11) is 0. The zero-order chi connectivity index (χ0) is 13.7. The van der Waals surface area contributed by atoms with E-state index in [1.165, 1.54) is 25.7 Å². The molecule has 0 radical (unpaired) electrons. The van der Waals surface area contributed by atoms with E-state index in [1.807, 2.05) is 13.0 Å². The third-order valence-corrected chi connectivity index (χ3v) is 4.34. The van der Waals surface area contributed by atoms with Gasteiger partial charge in [-0.25, -0.2) is 0 Å². The number of hydrogen-bond donors (Lipinski definition) is 1. The molecule has 1 aliphatic carbocycles. The van der Waals surface area contributed by atoms with Gasteiger partial charge in [-0.15, -0.1) is 0 Å². The molecular formula is C16H26N2O. The first-order valence-electron chi connectivity index (χ1n) is 7.43. The second kappa shape index (κ2) is 6.49. The zero-order valence-electron chi connectivity index (χ0n) is 12.2. The van der Waals surface area contributed by atoms with Crippen molar-refractivity contribution in [1.29, 1.82) is 0 Å². The smallest absolute Gasteiger partial charge is 0.0547 e. The number of nitrogens with zero attached hydrogens (tertiary/aromatic N) is 2. The van der Waals surface area contributed by atoms with Crippen LogP contribution in [0.3, 0.4) is 0 Å². The van der Waals surface area contributed by atoms with Crippen LogP contribution in [0.15, 0.2) is 18.2 Å². The molecule has 0 atom stereocenters. The highest BCUT2D eigenvalue weighted by molar-refractivity contribution is 5.09. The number of pyridine rings is 1. The van der Waals surface area contributed by atoms with E-state index in [0.29, 0.717) is 6.61 Å². The minimum Gasteiger partial charge on any atom is -0.396 e. The molecule has 1 N–H and O–H groups in total. The second-order valence-corrected chi connectivity index (χ2v) is 5.94. The Bertz CT molecular complexity index is 399. The van der Waals surface area contributed by atoms with Crippen LogP contribution in [0.25, 0.3) is 0 Å². The van der Waals surface area contributed by atoms with Gasteiger partial charge < -0.3 is 5.11 Å². The van der Waals surface area contributed by atoms with Crippen molar-refractivity contribution in [3.05, 3.63) is 29.6 Å². The molecule has 2 rings (SSSR count). The van der Waals surface area contributed by atoms with Crippen LogP contribution in [0, 0.1) is 12.3 Å². The van der Waals surface area contributed by atoms with Crippen molar-refractivity contribution in [2.75, 3.05) is 19.7 Å². The molecule has 1 aromatic rings. The molecule has 19 heavy (non-hydrogen) atoms. The number of hydrogen-bond acceptors (Lipinski definition) is 3. The molecule has 1 aromatic heterocycles. The van der Waals surface area contributed by atoms with E-state index in [-0.39, 0.29) is 5.41 Å². The molecule has 1 saturated carbocycles. The van der Waals surface area contributed by atoms with Crippen LogP contribution in [0.5, 0.6) is 0 Å². The predicted molar refractivity (Wildman–Crippen MR) is 77.9 cm³/mol. The third kappa shape index (κ3) is 3.77. The summed E-state index contributed by atoms with van der Waals surface area (Å²) in [5.74, 6) is 0. The van der Waals surface area contributed by atoms with E-state index in [0.717, 1.165) is 31.0 Å². The van der Waals surface area contributed by atoms with Gasteiger partial charge in [-0.3, -0.25) is 9.88 Å². The van der Waals surface area contributed by atoms with Gasteiger partial charge in [0.1, 0.15) is 0 Å². The number of rotatable bonds is 6. The molecular weight excluding hydrogens is 236 g/mol. The Morgan fingerprint density at radius 3 is 2.63 bits per heavy atom. The third-order valence-electron chi connectivity index (χ3n) is 4.34. The lowest BCUT2D eigenvalue weighted by Crippen LogP contribution is -2.38. The maximum Gasteiger partial charge on any atom is 0.0547 e. The van der Waals surface area contributed by atoms with Crippen molar-refractivity contribution >= 4 is 0 Å². The van der Waals surface area contributed by atoms with E-state index >= 15 is 0 Å². The fourth-order valence-electron chi connectivity index (χ4n) is 3.16. The number of aliphatic hydroxyl groups is 1. The standard InChI is InChI=1S/C16H26N2O/c1-3-18(11-15-8-6-7-14(2)17-15)12-16(13-19)9-4-5-10-16/h6-8,19H,3-5,9-13H2,1-2H3. The summed E-state index contributed by atoms with van der Waals surface area (Å²) in [6.45, 7) is 7.44. The van der Waals surface area contributed by atoms with Crippen molar-refractivity contribution in [1.82, 2.24) is 9.88 Å². The molecule has 3 heteroatoms. The van der Waals surface area contributed by atoms with E-state index in [9.17, 15) is 5.11 Å². The first-order chi connectivity index (χ1) is 9.17. The van der Waals surface area contributed by atoms with Gasteiger partial charge in [-0.1, -0.05) is 25.8 Å². The van der Waals surface area contributed by atoms with Crippen molar-refractivity contribution in [2.24, 2.45) is 5.41 Å². The van der Waals surface area contributed by atoms with Gasteiger partial charge in [0.05, 0.1) is 5.69 Å². The molecule has 0 amide bonds. The minimum atomic E-state index is 0.139. The summed E-state index contributed by atoms with van der Waals surface area (Å²) < 4.78 is 0. The van der Waals surface area contributed by atoms with Gasteiger partial charge in [0.2, 0.25) is 0 Å². The van der Waals surface area contributed by atoms with Crippen molar-refractivity contribution < 1.29 is 5.11 Å². The minimum absolute atomic E-state index is 0.139. The van der Waals surface area contributed by atoms with Crippen LogP contribution in [-0.4, -0.2) is 34.7 Å². The highest BCUT2D eigenvalue weighted by atomic mass is 16.3. The summed E-state index contributed by atoms with van der Waals surface area (Å²) in [4.78, 5) is 7.00. The van der Waals surface area contributed by atoms with Crippen LogP contribution in [0.4, 0.5) is 0 Å². The molecule has 106 valence electrons. The molecule has 0 spiro atoms. The van der Waals surface area contributed by atoms with E-state index in [2.05, 4.69) is 28.9 Å². The fraction of sp³-hybridized carbons (Fsp3) is 0.688. The molecule has 0 bridgehead atoms. The molecule has 3 nitrogen and oxygen atoms in total. The first-order valence-corrected chi connectivity index (χ1v) is 7.43.